The maximum absolute atomic E-state index is 11.1. The summed E-state index contributed by atoms with van der Waals surface area (Å²) in [7, 11) is 1.45. The Morgan fingerprint density at radius 1 is 1.12 bits per heavy atom. The average Bonchev–Trinajstić information content (AvgIpc) is 2.17. The molecule has 0 aliphatic carbocycles. The summed E-state index contributed by atoms with van der Waals surface area (Å²) in [5, 5.41) is 0. The molecule has 4 nitrogen and oxygen atoms in total. The molecule has 0 unspecified atom stereocenters. The molecule has 0 spiro atoms. The van der Waals surface area contributed by atoms with Gasteiger partial charge in [-0.2, -0.15) is 0 Å². The SMILES string of the molecule is C.COc1cc(C(C)=O)ccc1OC(C)=O. The Kier molecular flexibility index (Phi) is 5.22. The second-order valence-electron chi connectivity index (χ2n) is 3.02. The van der Waals surface area contributed by atoms with E-state index in [1.165, 1.54) is 27.0 Å². The van der Waals surface area contributed by atoms with Gasteiger partial charge in [0.25, 0.3) is 0 Å². The Labute approximate surface area is 95.2 Å². The molecule has 0 amide bonds. The topological polar surface area (TPSA) is 52.6 Å². The normalized spacial score (nSPS) is 8.94. The minimum Gasteiger partial charge on any atom is -0.493 e. The van der Waals surface area contributed by atoms with E-state index >= 15 is 0 Å². The van der Waals surface area contributed by atoms with Crippen LogP contribution in [0.3, 0.4) is 0 Å². The molecule has 0 saturated heterocycles. The van der Waals surface area contributed by atoms with Crippen LogP contribution in [0.5, 0.6) is 11.5 Å². The number of hydrogen-bond donors (Lipinski definition) is 0. The van der Waals surface area contributed by atoms with E-state index in [9.17, 15) is 9.59 Å². The molecule has 0 N–H and O–H groups in total. The van der Waals surface area contributed by atoms with Gasteiger partial charge in [-0.05, 0) is 25.1 Å². The predicted octanol–water partition coefficient (Wildman–Crippen LogP) is 2.46. The fraction of sp³-hybridized carbons (Fsp3) is 0.333. The van der Waals surface area contributed by atoms with E-state index in [-0.39, 0.29) is 13.2 Å². The van der Waals surface area contributed by atoms with Crippen LogP contribution >= 0.6 is 0 Å². The molecule has 0 radical (unpaired) electrons. The minimum atomic E-state index is -0.427. The zero-order valence-electron chi connectivity index (χ0n) is 8.87. The molecule has 0 aromatic heterocycles. The Morgan fingerprint density at radius 3 is 2.19 bits per heavy atom. The second-order valence-corrected chi connectivity index (χ2v) is 3.02. The molecule has 0 bridgehead atoms. The molecule has 0 fully saturated rings. The zero-order valence-corrected chi connectivity index (χ0v) is 8.87. The largest absolute Gasteiger partial charge is 0.493 e. The van der Waals surface area contributed by atoms with Crippen molar-refractivity contribution in [3.05, 3.63) is 23.8 Å². The average molecular weight is 224 g/mol. The lowest BCUT2D eigenvalue weighted by molar-refractivity contribution is -0.132. The molecule has 88 valence electrons. The van der Waals surface area contributed by atoms with Crippen LogP contribution in [0.4, 0.5) is 0 Å². The van der Waals surface area contributed by atoms with Crippen LogP contribution in [0, 0.1) is 0 Å². The smallest absolute Gasteiger partial charge is 0.308 e. The van der Waals surface area contributed by atoms with E-state index in [0.29, 0.717) is 17.1 Å². The highest BCUT2D eigenvalue weighted by Gasteiger charge is 2.09. The fourth-order valence-corrected chi connectivity index (χ4v) is 1.13. The first-order valence-electron chi connectivity index (χ1n) is 4.42. The van der Waals surface area contributed by atoms with Gasteiger partial charge in [-0.15, -0.1) is 0 Å². The number of rotatable bonds is 3. The molecule has 0 heterocycles. The highest BCUT2D eigenvalue weighted by Crippen LogP contribution is 2.28. The van der Waals surface area contributed by atoms with Crippen LogP contribution in [-0.4, -0.2) is 18.9 Å². The van der Waals surface area contributed by atoms with Crippen molar-refractivity contribution in [1.82, 2.24) is 0 Å². The van der Waals surface area contributed by atoms with E-state index in [1.807, 2.05) is 0 Å². The Morgan fingerprint density at radius 2 is 1.75 bits per heavy atom. The summed E-state index contributed by atoms with van der Waals surface area (Å²) in [6, 6.07) is 4.67. The minimum absolute atomic E-state index is 0. The van der Waals surface area contributed by atoms with Crippen LogP contribution in [0.15, 0.2) is 18.2 Å². The summed E-state index contributed by atoms with van der Waals surface area (Å²) < 4.78 is 9.90. The van der Waals surface area contributed by atoms with Gasteiger partial charge in [-0.25, -0.2) is 0 Å². The van der Waals surface area contributed by atoms with Gasteiger partial charge in [0.1, 0.15) is 0 Å². The van der Waals surface area contributed by atoms with Crippen molar-refractivity contribution in [1.29, 1.82) is 0 Å². The lowest BCUT2D eigenvalue weighted by Crippen LogP contribution is -2.04. The van der Waals surface area contributed by atoms with Gasteiger partial charge < -0.3 is 9.47 Å². The van der Waals surface area contributed by atoms with Crippen LogP contribution < -0.4 is 9.47 Å². The Balaban J connectivity index is 0.00000225. The molecular weight excluding hydrogens is 208 g/mol. The van der Waals surface area contributed by atoms with Crippen molar-refractivity contribution in [2.45, 2.75) is 21.3 Å². The van der Waals surface area contributed by atoms with Gasteiger partial charge in [-0.3, -0.25) is 9.59 Å². The van der Waals surface area contributed by atoms with Gasteiger partial charge >= 0.3 is 5.97 Å². The standard InChI is InChI=1S/C11H12O4.CH4/c1-7(12)9-4-5-10(15-8(2)13)11(6-9)14-3;/h4-6H,1-3H3;1H4. The lowest BCUT2D eigenvalue weighted by atomic mass is 10.1. The number of ether oxygens (including phenoxy) is 2. The number of Topliss-reactive ketones (excluding diaryl/α,β-unsaturated/α-hetero) is 1. The first kappa shape index (κ1) is 14.2. The highest BCUT2D eigenvalue weighted by atomic mass is 16.6. The maximum Gasteiger partial charge on any atom is 0.308 e. The number of carbonyl (C=O) groups excluding carboxylic acids is 2. The number of benzene rings is 1. The van der Waals surface area contributed by atoms with Gasteiger partial charge in [0.2, 0.25) is 0 Å². The Bertz CT molecular complexity index is 396. The summed E-state index contributed by atoms with van der Waals surface area (Å²) >= 11 is 0. The maximum atomic E-state index is 11.1. The van der Waals surface area contributed by atoms with E-state index in [1.54, 1.807) is 12.1 Å². The van der Waals surface area contributed by atoms with Gasteiger partial charge in [-0.1, -0.05) is 7.43 Å². The van der Waals surface area contributed by atoms with Crippen molar-refractivity contribution in [2.75, 3.05) is 7.11 Å². The third-order valence-corrected chi connectivity index (χ3v) is 1.82. The number of carbonyl (C=O) groups is 2. The Hall–Kier alpha value is -1.84. The summed E-state index contributed by atoms with van der Waals surface area (Å²) in [4.78, 5) is 21.8. The van der Waals surface area contributed by atoms with Crippen LogP contribution in [-0.2, 0) is 4.79 Å². The first-order chi connectivity index (χ1) is 7.04. The fourth-order valence-electron chi connectivity index (χ4n) is 1.13. The van der Waals surface area contributed by atoms with Gasteiger partial charge in [0.15, 0.2) is 17.3 Å². The summed E-state index contributed by atoms with van der Waals surface area (Å²) in [6.07, 6.45) is 0. The third-order valence-electron chi connectivity index (χ3n) is 1.82. The van der Waals surface area contributed by atoms with Crippen LogP contribution in [0.25, 0.3) is 0 Å². The van der Waals surface area contributed by atoms with Crippen molar-refractivity contribution < 1.29 is 19.1 Å². The van der Waals surface area contributed by atoms with E-state index in [2.05, 4.69) is 0 Å². The molecule has 1 rings (SSSR count). The molecule has 1 aromatic rings. The number of ketones is 1. The third kappa shape index (κ3) is 3.38. The highest BCUT2D eigenvalue weighted by molar-refractivity contribution is 5.94. The van der Waals surface area contributed by atoms with Gasteiger partial charge in [0, 0.05) is 12.5 Å². The van der Waals surface area contributed by atoms with Crippen molar-refractivity contribution in [2.24, 2.45) is 0 Å². The molecule has 0 aliphatic rings. The van der Waals surface area contributed by atoms with E-state index in [0.717, 1.165) is 0 Å². The van der Waals surface area contributed by atoms with Crippen LogP contribution in [0.2, 0.25) is 0 Å². The number of esters is 1. The summed E-state index contributed by atoms with van der Waals surface area (Å²) in [5.41, 5.74) is 0.516. The molecular formula is C12H16O4. The van der Waals surface area contributed by atoms with Crippen LogP contribution in [0.1, 0.15) is 31.6 Å². The predicted molar refractivity (Wildman–Crippen MR) is 61.0 cm³/mol. The van der Waals surface area contributed by atoms with Crippen molar-refractivity contribution in [3.63, 3.8) is 0 Å². The molecule has 4 heteroatoms. The summed E-state index contributed by atoms with van der Waals surface area (Å²) in [5.74, 6) is 0.194. The molecule has 0 atom stereocenters. The monoisotopic (exact) mass is 224 g/mol. The molecule has 0 aliphatic heterocycles. The number of methoxy groups -OCH3 is 1. The molecule has 16 heavy (non-hydrogen) atoms. The first-order valence-corrected chi connectivity index (χ1v) is 4.42. The number of hydrogen-bond acceptors (Lipinski definition) is 4. The second kappa shape index (κ2) is 5.90. The quantitative estimate of drug-likeness (QED) is 0.449. The zero-order chi connectivity index (χ0) is 11.4. The summed E-state index contributed by atoms with van der Waals surface area (Å²) in [6.45, 7) is 2.76. The van der Waals surface area contributed by atoms with Gasteiger partial charge in [0.05, 0.1) is 7.11 Å². The molecule has 1 aromatic carbocycles. The lowest BCUT2D eigenvalue weighted by Gasteiger charge is -2.08. The van der Waals surface area contributed by atoms with Crippen molar-refractivity contribution in [3.8, 4) is 11.5 Å². The molecule has 0 saturated carbocycles. The van der Waals surface area contributed by atoms with Crippen molar-refractivity contribution >= 4 is 11.8 Å². The van der Waals surface area contributed by atoms with E-state index < -0.39 is 5.97 Å². The van der Waals surface area contributed by atoms with E-state index in [4.69, 9.17) is 9.47 Å².